The minimum absolute atomic E-state index is 0.155. The highest BCUT2D eigenvalue weighted by molar-refractivity contribution is 7.88. The molecule has 1 aromatic carbocycles. The number of nitrogens with zero attached hydrogens (tertiary/aromatic N) is 1. The van der Waals surface area contributed by atoms with E-state index in [-0.39, 0.29) is 18.4 Å². The summed E-state index contributed by atoms with van der Waals surface area (Å²) in [5.41, 5.74) is 1.78. The third kappa shape index (κ3) is 6.71. The van der Waals surface area contributed by atoms with E-state index in [0.29, 0.717) is 12.5 Å². The lowest BCUT2D eigenvalue weighted by atomic mass is 10.0. The maximum atomic E-state index is 12.3. The number of hydrogen-bond acceptors (Lipinski definition) is 3. The number of benzene rings is 1. The Hall–Kier alpha value is -1.40. The molecule has 0 radical (unpaired) electrons. The molecule has 1 aromatic rings. The van der Waals surface area contributed by atoms with Gasteiger partial charge in [0.15, 0.2) is 0 Å². The van der Waals surface area contributed by atoms with Crippen molar-refractivity contribution in [1.29, 1.82) is 0 Å². The number of hydrogen-bond donors (Lipinski definition) is 1. The van der Waals surface area contributed by atoms with Gasteiger partial charge in [-0.15, -0.1) is 0 Å². The molecule has 1 rings (SSSR count). The normalized spacial score (nSPS) is 12.2. The van der Waals surface area contributed by atoms with Gasteiger partial charge in [-0.05, 0) is 29.9 Å². The third-order valence-corrected chi connectivity index (χ3v) is 4.85. The van der Waals surface area contributed by atoms with Gasteiger partial charge in [-0.25, -0.2) is 8.42 Å². The smallest absolute Gasteiger partial charge is 0.239 e. The van der Waals surface area contributed by atoms with Crippen molar-refractivity contribution in [1.82, 2.24) is 4.31 Å². The van der Waals surface area contributed by atoms with E-state index < -0.39 is 10.0 Å². The Morgan fingerprint density at radius 2 is 1.78 bits per heavy atom. The number of sulfonamides is 1. The van der Waals surface area contributed by atoms with Crippen molar-refractivity contribution >= 4 is 21.6 Å². The van der Waals surface area contributed by atoms with Crippen LogP contribution in [0.25, 0.3) is 0 Å². The molecule has 130 valence electrons. The number of rotatable bonds is 8. The molecule has 0 fully saturated rings. The second-order valence-corrected chi connectivity index (χ2v) is 8.55. The molecule has 0 unspecified atom stereocenters. The fourth-order valence-electron chi connectivity index (χ4n) is 2.23. The van der Waals surface area contributed by atoms with Crippen molar-refractivity contribution < 1.29 is 13.2 Å². The summed E-state index contributed by atoms with van der Waals surface area (Å²) in [5, 5.41) is 2.84. The van der Waals surface area contributed by atoms with Crippen LogP contribution < -0.4 is 5.32 Å². The van der Waals surface area contributed by atoms with Crippen molar-refractivity contribution in [2.75, 3.05) is 24.7 Å². The number of carbonyl (C=O) groups is 1. The van der Waals surface area contributed by atoms with Crippen molar-refractivity contribution in [2.24, 2.45) is 5.92 Å². The van der Waals surface area contributed by atoms with Crippen LogP contribution in [0.1, 0.15) is 45.6 Å². The summed E-state index contributed by atoms with van der Waals surface area (Å²) in [6.07, 6.45) is 1.87. The molecule has 0 bridgehead atoms. The van der Waals surface area contributed by atoms with Crippen molar-refractivity contribution in [3.05, 3.63) is 29.8 Å². The lowest BCUT2D eigenvalue weighted by molar-refractivity contribution is -0.116. The Labute approximate surface area is 140 Å². The molecular formula is C17H28N2O3S. The van der Waals surface area contributed by atoms with Crippen molar-refractivity contribution in [3.8, 4) is 0 Å². The van der Waals surface area contributed by atoms with Gasteiger partial charge < -0.3 is 5.32 Å². The van der Waals surface area contributed by atoms with E-state index >= 15 is 0 Å². The van der Waals surface area contributed by atoms with E-state index in [1.165, 1.54) is 4.31 Å². The Morgan fingerprint density at radius 1 is 1.17 bits per heavy atom. The minimum Gasteiger partial charge on any atom is -0.325 e. The summed E-state index contributed by atoms with van der Waals surface area (Å²) in [4.78, 5) is 12.3. The highest BCUT2D eigenvalue weighted by Gasteiger charge is 2.21. The summed E-state index contributed by atoms with van der Waals surface area (Å²) in [5.74, 6) is 0.342. The first-order valence-electron chi connectivity index (χ1n) is 7.95. The van der Waals surface area contributed by atoms with Crippen LogP contribution in [0.3, 0.4) is 0 Å². The number of carbonyl (C=O) groups excluding carboxylic acids is 1. The lowest BCUT2D eigenvalue weighted by Crippen LogP contribution is -2.38. The van der Waals surface area contributed by atoms with E-state index in [2.05, 4.69) is 19.2 Å². The Bertz CT molecular complexity index is 624. The molecule has 5 nitrogen and oxygen atoms in total. The molecule has 0 aliphatic carbocycles. The topological polar surface area (TPSA) is 66.5 Å². The van der Waals surface area contributed by atoms with Gasteiger partial charge in [-0.3, -0.25) is 4.79 Å². The zero-order valence-electron chi connectivity index (χ0n) is 14.7. The van der Waals surface area contributed by atoms with Crippen LogP contribution in [0.15, 0.2) is 24.3 Å². The van der Waals surface area contributed by atoms with Gasteiger partial charge in [0, 0.05) is 12.2 Å². The lowest BCUT2D eigenvalue weighted by Gasteiger charge is -2.21. The average Bonchev–Trinajstić information content (AvgIpc) is 2.42. The summed E-state index contributed by atoms with van der Waals surface area (Å²) in [6.45, 7) is 8.36. The van der Waals surface area contributed by atoms with E-state index in [9.17, 15) is 13.2 Å². The number of amides is 1. The summed E-state index contributed by atoms with van der Waals surface area (Å²) in [6, 6.07) is 7.59. The Balaban J connectivity index is 2.80. The predicted molar refractivity (Wildman–Crippen MR) is 95.0 cm³/mol. The zero-order valence-corrected chi connectivity index (χ0v) is 15.5. The Kier molecular flexibility index (Phi) is 7.22. The second-order valence-electron chi connectivity index (χ2n) is 6.57. The second kappa shape index (κ2) is 8.45. The van der Waals surface area contributed by atoms with E-state index in [4.69, 9.17) is 0 Å². The SMILES string of the molecule is CC(C)CCN(CC(=O)Nc1ccccc1C(C)C)S(C)(=O)=O. The molecule has 0 aromatic heterocycles. The van der Waals surface area contributed by atoms with E-state index in [0.717, 1.165) is 23.9 Å². The van der Waals surface area contributed by atoms with Gasteiger partial charge in [0.2, 0.25) is 15.9 Å². The molecule has 0 saturated carbocycles. The average molecular weight is 340 g/mol. The fraction of sp³-hybridized carbons (Fsp3) is 0.588. The molecule has 0 spiro atoms. The first-order valence-corrected chi connectivity index (χ1v) is 9.80. The van der Waals surface area contributed by atoms with Gasteiger partial charge in [-0.2, -0.15) is 4.31 Å². The molecule has 0 heterocycles. The molecule has 0 atom stereocenters. The monoisotopic (exact) mass is 340 g/mol. The summed E-state index contributed by atoms with van der Waals surface area (Å²) in [7, 11) is -3.40. The predicted octanol–water partition coefficient (Wildman–Crippen LogP) is 3.06. The van der Waals surface area contributed by atoms with Gasteiger partial charge in [0.25, 0.3) is 0 Å². The standard InChI is InChI=1S/C17H28N2O3S/c1-13(2)10-11-19(23(5,21)22)12-17(20)18-16-9-7-6-8-15(16)14(3)4/h6-9,13-14H,10-12H2,1-5H3,(H,18,20). The third-order valence-electron chi connectivity index (χ3n) is 3.60. The largest absolute Gasteiger partial charge is 0.325 e. The molecule has 0 aliphatic heterocycles. The van der Waals surface area contributed by atoms with E-state index in [1.54, 1.807) is 0 Å². The van der Waals surface area contributed by atoms with Crippen LogP contribution in [0.5, 0.6) is 0 Å². The van der Waals surface area contributed by atoms with Crippen LogP contribution in [-0.2, 0) is 14.8 Å². The number of anilines is 1. The number of para-hydroxylation sites is 1. The molecule has 1 N–H and O–H groups in total. The molecule has 0 saturated heterocycles. The first kappa shape index (κ1) is 19.6. The molecule has 23 heavy (non-hydrogen) atoms. The van der Waals surface area contributed by atoms with Crippen LogP contribution in [0, 0.1) is 5.92 Å². The molecule has 0 aliphatic rings. The highest BCUT2D eigenvalue weighted by Crippen LogP contribution is 2.23. The maximum Gasteiger partial charge on any atom is 0.239 e. The van der Waals surface area contributed by atoms with Crippen LogP contribution >= 0.6 is 0 Å². The summed E-state index contributed by atoms with van der Waals surface area (Å²) >= 11 is 0. The maximum absolute atomic E-state index is 12.3. The van der Waals surface area contributed by atoms with Crippen molar-refractivity contribution in [3.63, 3.8) is 0 Å². The van der Waals surface area contributed by atoms with Crippen LogP contribution in [0.4, 0.5) is 5.69 Å². The van der Waals surface area contributed by atoms with Crippen LogP contribution in [-0.4, -0.2) is 38.0 Å². The van der Waals surface area contributed by atoms with Crippen molar-refractivity contribution in [2.45, 2.75) is 40.0 Å². The van der Waals surface area contributed by atoms with Gasteiger partial charge in [0.05, 0.1) is 12.8 Å². The van der Waals surface area contributed by atoms with E-state index in [1.807, 2.05) is 38.1 Å². The number of nitrogens with one attached hydrogen (secondary N) is 1. The molecule has 6 heteroatoms. The molecular weight excluding hydrogens is 312 g/mol. The molecule has 1 amide bonds. The zero-order chi connectivity index (χ0) is 17.6. The van der Waals surface area contributed by atoms with Gasteiger partial charge in [0.1, 0.15) is 0 Å². The minimum atomic E-state index is -3.40. The Morgan fingerprint density at radius 3 is 2.30 bits per heavy atom. The fourth-order valence-corrected chi connectivity index (χ4v) is 3.02. The van der Waals surface area contributed by atoms with Gasteiger partial charge >= 0.3 is 0 Å². The van der Waals surface area contributed by atoms with Gasteiger partial charge in [-0.1, -0.05) is 45.9 Å². The first-order chi connectivity index (χ1) is 10.6. The highest BCUT2D eigenvalue weighted by atomic mass is 32.2. The summed E-state index contributed by atoms with van der Waals surface area (Å²) < 4.78 is 24.9. The quantitative estimate of drug-likeness (QED) is 0.791. The van der Waals surface area contributed by atoms with Crippen LogP contribution in [0.2, 0.25) is 0 Å².